The molecule has 1 aliphatic heterocycles. The lowest BCUT2D eigenvalue weighted by Crippen LogP contribution is -2.27. The molecular weight excluding hydrogens is 342 g/mol. The zero-order valence-corrected chi connectivity index (χ0v) is 14.4. The summed E-state index contributed by atoms with van der Waals surface area (Å²) in [6.07, 6.45) is 1.67. The number of methoxy groups -OCH3 is 1. The lowest BCUT2D eigenvalue weighted by atomic mass is 10.2. The fourth-order valence-corrected chi connectivity index (χ4v) is 3.09. The summed E-state index contributed by atoms with van der Waals surface area (Å²) in [4.78, 5) is 18.8. The molecule has 2 aliphatic rings. The van der Waals surface area contributed by atoms with Crippen LogP contribution in [0.4, 0.5) is 20.4 Å². The number of halogens is 2. The summed E-state index contributed by atoms with van der Waals surface area (Å²) < 4.78 is 31.5. The molecule has 1 N–H and O–H groups in total. The number of hydrogen-bond donors (Lipinski definition) is 1. The van der Waals surface area contributed by atoms with Crippen molar-refractivity contribution < 1.29 is 13.5 Å². The van der Waals surface area contributed by atoms with Crippen LogP contribution in [0.15, 0.2) is 18.5 Å². The van der Waals surface area contributed by atoms with E-state index >= 15 is 0 Å². The van der Waals surface area contributed by atoms with E-state index in [2.05, 4.69) is 25.3 Å². The Bertz CT molecular complexity index is 765. The van der Waals surface area contributed by atoms with Crippen molar-refractivity contribution in [2.75, 3.05) is 30.4 Å². The maximum Gasteiger partial charge on any atom is 0.280 e. The van der Waals surface area contributed by atoms with Gasteiger partial charge in [-0.3, -0.25) is 0 Å². The van der Waals surface area contributed by atoms with Gasteiger partial charge in [0.2, 0.25) is 5.88 Å². The molecule has 0 radical (unpaired) electrons. The third kappa shape index (κ3) is 3.66. The predicted octanol–water partition coefficient (Wildman–Crippen LogP) is 2.78. The molecule has 1 saturated carbocycles. The molecule has 138 valence electrons. The highest BCUT2D eigenvalue weighted by Gasteiger charge is 2.30. The lowest BCUT2D eigenvalue weighted by Gasteiger charge is -2.19. The minimum absolute atomic E-state index is 0.143. The monoisotopic (exact) mass is 362 g/mol. The molecule has 2 fully saturated rings. The molecule has 0 amide bonds. The van der Waals surface area contributed by atoms with E-state index < -0.39 is 6.43 Å². The zero-order chi connectivity index (χ0) is 18.1. The van der Waals surface area contributed by atoms with E-state index in [0.29, 0.717) is 29.9 Å². The Morgan fingerprint density at radius 1 is 1.19 bits per heavy atom. The normalized spacial score (nSPS) is 19.8. The summed E-state index contributed by atoms with van der Waals surface area (Å²) in [5.74, 6) is 2.54. The highest BCUT2D eigenvalue weighted by molar-refractivity contribution is 5.45. The van der Waals surface area contributed by atoms with Crippen molar-refractivity contribution in [3.8, 4) is 5.88 Å². The summed E-state index contributed by atoms with van der Waals surface area (Å²) in [5, 5.41) is 3.34. The SMILES string of the molecule is COc1cc(NC2CCN(c3cc(C(F)F)nc(C4CC4)n3)C2)ncn1. The number of rotatable bonds is 6. The van der Waals surface area contributed by atoms with Crippen LogP contribution in [-0.2, 0) is 0 Å². The Balaban J connectivity index is 1.48. The van der Waals surface area contributed by atoms with E-state index in [1.807, 2.05) is 4.90 Å². The first-order chi connectivity index (χ1) is 12.6. The van der Waals surface area contributed by atoms with Crippen LogP contribution < -0.4 is 15.0 Å². The molecule has 0 spiro atoms. The first-order valence-electron chi connectivity index (χ1n) is 8.67. The largest absolute Gasteiger partial charge is 0.481 e. The minimum Gasteiger partial charge on any atom is -0.481 e. The quantitative estimate of drug-likeness (QED) is 0.847. The van der Waals surface area contributed by atoms with Gasteiger partial charge in [0.05, 0.1) is 7.11 Å². The molecule has 1 unspecified atom stereocenters. The summed E-state index contributed by atoms with van der Waals surface area (Å²) >= 11 is 0. The molecule has 1 aliphatic carbocycles. The predicted molar refractivity (Wildman–Crippen MR) is 91.8 cm³/mol. The molecular formula is C17H20F2N6O. The van der Waals surface area contributed by atoms with Gasteiger partial charge in [-0.25, -0.2) is 28.7 Å². The van der Waals surface area contributed by atoms with Gasteiger partial charge in [-0.05, 0) is 19.3 Å². The molecule has 2 aromatic heterocycles. The average Bonchev–Trinajstić information content (AvgIpc) is 3.41. The van der Waals surface area contributed by atoms with Gasteiger partial charge in [0.25, 0.3) is 6.43 Å². The number of ether oxygens (including phenoxy) is 1. The Hall–Kier alpha value is -2.58. The zero-order valence-electron chi connectivity index (χ0n) is 14.4. The standard InChI is InChI=1S/C17H20F2N6O/c1-26-15-7-13(20-9-21-15)22-11-4-5-25(8-11)14-6-12(16(18)19)23-17(24-14)10-2-3-10/h6-7,9-11,16H,2-5,8H2,1H3,(H,20,21,22). The lowest BCUT2D eigenvalue weighted by molar-refractivity contribution is 0.145. The van der Waals surface area contributed by atoms with E-state index in [1.165, 1.54) is 12.4 Å². The van der Waals surface area contributed by atoms with Crippen LogP contribution >= 0.6 is 0 Å². The van der Waals surface area contributed by atoms with Crippen LogP contribution in [-0.4, -0.2) is 46.2 Å². The van der Waals surface area contributed by atoms with Gasteiger partial charge in [-0.2, -0.15) is 0 Å². The van der Waals surface area contributed by atoms with Crippen molar-refractivity contribution in [3.63, 3.8) is 0 Å². The smallest absolute Gasteiger partial charge is 0.280 e. The van der Waals surface area contributed by atoms with Gasteiger partial charge in [-0.15, -0.1) is 0 Å². The number of nitrogens with one attached hydrogen (secondary N) is 1. The minimum atomic E-state index is -2.58. The highest BCUT2D eigenvalue weighted by atomic mass is 19.3. The van der Waals surface area contributed by atoms with Gasteiger partial charge in [0.1, 0.15) is 29.5 Å². The van der Waals surface area contributed by atoms with Gasteiger partial charge in [-0.1, -0.05) is 0 Å². The van der Waals surface area contributed by atoms with Crippen molar-refractivity contribution >= 4 is 11.6 Å². The Morgan fingerprint density at radius 2 is 2.04 bits per heavy atom. The molecule has 2 aromatic rings. The molecule has 9 heteroatoms. The van der Waals surface area contributed by atoms with Crippen LogP contribution in [0.3, 0.4) is 0 Å². The van der Waals surface area contributed by atoms with E-state index in [4.69, 9.17) is 4.74 Å². The van der Waals surface area contributed by atoms with Crippen LogP contribution in [0.5, 0.6) is 5.88 Å². The number of aromatic nitrogens is 4. The number of alkyl halides is 2. The van der Waals surface area contributed by atoms with Crippen molar-refractivity contribution in [1.29, 1.82) is 0 Å². The summed E-state index contributed by atoms with van der Waals surface area (Å²) in [6, 6.07) is 3.28. The van der Waals surface area contributed by atoms with Crippen molar-refractivity contribution in [2.45, 2.75) is 37.6 Å². The second-order valence-corrected chi connectivity index (χ2v) is 6.61. The van der Waals surface area contributed by atoms with E-state index in [0.717, 1.165) is 25.8 Å². The molecule has 7 nitrogen and oxygen atoms in total. The molecule has 1 saturated heterocycles. The fraction of sp³-hybridized carbons (Fsp3) is 0.529. The average molecular weight is 362 g/mol. The summed E-state index contributed by atoms with van der Waals surface area (Å²) in [5.41, 5.74) is -0.186. The van der Waals surface area contributed by atoms with E-state index in [-0.39, 0.29) is 17.7 Å². The topological polar surface area (TPSA) is 76.1 Å². The van der Waals surface area contributed by atoms with Crippen LogP contribution in [0, 0.1) is 0 Å². The Kier molecular flexibility index (Phi) is 4.52. The molecule has 0 bridgehead atoms. The first-order valence-corrected chi connectivity index (χ1v) is 8.67. The third-order valence-corrected chi connectivity index (χ3v) is 4.63. The van der Waals surface area contributed by atoms with Gasteiger partial charge in [0.15, 0.2) is 0 Å². The maximum absolute atomic E-state index is 13.2. The summed E-state index contributed by atoms with van der Waals surface area (Å²) in [6.45, 7) is 1.40. The Morgan fingerprint density at radius 3 is 2.77 bits per heavy atom. The van der Waals surface area contributed by atoms with Crippen LogP contribution in [0.2, 0.25) is 0 Å². The first kappa shape index (κ1) is 16.9. The molecule has 1 atom stereocenters. The van der Waals surface area contributed by atoms with Crippen molar-refractivity contribution in [2.24, 2.45) is 0 Å². The van der Waals surface area contributed by atoms with Gasteiger partial charge >= 0.3 is 0 Å². The van der Waals surface area contributed by atoms with Crippen LogP contribution in [0.1, 0.15) is 43.1 Å². The van der Waals surface area contributed by atoms with Crippen molar-refractivity contribution in [1.82, 2.24) is 19.9 Å². The molecule has 0 aromatic carbocycles. The molecule has 4 rings (SSSR count). The number of nitrogens with zero attached hydrogens (tertiary/aromatic N) is 5. The van der Waals surface area contributed by atoms with Gasteiger partial charge in [0, 0.05) is 37.2 Å². The summed E-state index contributed by atoms with van der Waals surface area (Å²) in [7, 11) is 1.55. The molecule has 26 heavy (non-hydrogen) atoms. The number of hydrogen-bond acceptors (Lipinski definition) is 7. The van der Waals surface area contributed by atoms with Gasteiger partial charge < -0.3 is 15.0 Å². The highest BCUT2D eigenvalue weighted by Crippen LogP contribution is 2.39. The number of anilines is 2. The maximum atomic E-state index is 13.2. The van der Waals surface area contributed by atoms with Crippen molar-refractivity contribution in [3.05, 3.63) is 30.0 Å². The van der Waals surface area contributed by atoms with E-state index in [9.17, 15) is 8.78 Å². The Labute approximate surface area is 149 Å². The second-order valence-electron chi connectivity index (χ2n) is 6.61. The third-order valence-electron chi connectivity index (χ3n) is 4.63. The fourth-order valence-electron chi connectivity index (χ4n) is 3.09. The second kappa shape index (κ2) is 6.97. The molecule has 3 heterocycles. The van der Waals surface area contributed by atoms with E-state index in [1.54, 1.807) is 13.2 Å². The van der Waals surface area contributed by atoms with Crippen LogP contribution in [0.25, 0.3) is 0 Å².